The van der Waals surface area contributed by atoms with Gasteiger partial charge in [0.15, 0.2) is 0 Å². The molecule has 0 saturated carbocycles. The van der Waals surface area contributed by atoms with Crippen LogP contribution in [-0.4, -0.2) is 28.5 Å². The minimum absolute atomic E-state index is 0.00586. The van der Waals surface area contributed by atoms with Crippen LogP contribution in [0.4, 0.5) is 4.79 Å². The topological polar surface area (TPSA) is 45.2 Å². The van der Waals surface area contributed by atoms with Gasteiger partial charge in [-0.1, -0.05) is 26.0 Å². The molecule has 1 aliphatic heterocycles. The van der Waals surface area contributed by atoms with E-state index in [9.17, 15) is 4.79 Å². The van der Waals surface area contributed by atoms with Crippen LogP contribution >= 0.6 is 0 Å². The monoisotopic (exact) mass is 273 g/mol. The van der Waals surface area contributed by atoms with Gasteiger partial charge in [0.2, 0.25) is 0 Å². The smallest absolute Gasteiger partial charge is 0.318 e. The van der Waals surface area contributed by atoms with Crippen molar-refractivity contribution in [3.63, 3.8) is 0 Å². The van der Waals surface area contributed by atoms with Gasteiger partial charge in [0, 0.05) is 25.0 Å². The molecule has 0 saturated heterocycles. The Bertz CT molecular complexity index is 522. The number of rotatable bonds is 3. The highest BCUT2D eigenvalue weighted by Crippen LogP contribution is 2.18. The average molecular weight is 273 g/mol. The summed E-state index contributed by atoms with van der Waals surface area (Å²) in [7, 11) is 0. The second-order valence-corrected chi connectivity index (χ2v) is 5.73. The number of aromatic nitrogens is 1. The molecule has 0 aromatic carbocycles. The van der Waals surface area contributed by atoms with Crippen molar-refractivity contribution in [2.75, 3.05) is 6.54 Å². The van der Waals surface area contributed by atoms with Crippen molar-refractivity contribution in [1.29, 1.82) is 0 Å². The summed E-state index contributed by atoms with van der Waals surface area (Å²) in [5, 5.41) is 2.99. The summed E-state index contributed by atoms with van der Waals surface area (Å²) in [4.78, 5) is 18.4. The maximum Gasteiger partial charge on any atom is 0.318 e. The van der Waals surface area contributed by atoms with Gasteiger partial charge >= 0.3 is 6.03 Å². The molecule has 2 rings (SSSR count). The highest BCUT2D eigenvalue weighted by molar-refractivity contribution is 5.75. The van der Waals surface area contributed by atoms with Gasteiger partial charge in [-0.3, -0.25) is 4.98 Å². The normalized spacial score (nSPS) is 17.9. The van der Waals surface area contributed by atoms with Crippen molar-refractivity contribution in [3.05, 3.63) is 41.2 Å². The lowest BCUT2D eigenvalue weighted by atomic mass is 10.1. The SMILES string of the molecule is Cc1cc(C)c(CNC(=O)N2CC=C[C@H]2C(C)C)cn1. The summed E-state index contributed by atoms with van der Waals surface area (Å²) in [6, 6.07) is 2.23. The summed E-state index contributed by atoms with van der Waals surface area (Å²) in [6.45, 7) is 9.51. The van der Waals surface area contributed by atoms with E-state index in [1.807, 2.05) is 31.0 Å². The summed E-state index contributed by atoms with van der Waals surface area (Å²) in [5.41, 5.74) is 3.23. The number of carbonyl (C=O) groups is 1. The molecule has 1 aromatic heterocycles. The number of hydrogen-bond acceptors (Lipinski definition) is 2. The standard InChI is InChI=1S/C16H23N3O/c1-11(2)15-6-5-7-19(15)16(20)18-10-14-9-17-13(4)8-12(14)3/h5-6,8-9,11,15H,7,10H2,1-4H3,(H,18,20)/t15-/m0/s1. The third-order valence-corrected chi connectivity index (χ3v) is 3.73. The van der Waals surface area contributed by atoms with Crippen molar-refractivity contribution in [2.24, 2.45) is 5.92 Å². The van der Waals surface area contributed by atoms with Crippen LogP contribution in [0.25, 0.3) is 0 Å². The maximum absolute atomic E-state index is 12.3. The zero-order valence-corrected chi connectivity index (χ0v) is 12.7. The van der Waals surface area contributed by atoms with Crippen LogP contribution in [0, 0.1) is 19.8 Å². The second-order valence-electron chi connectivity index (χ2n) is 5.73. The molecular formula is C16H23N3O. The van der Waals surface area contributed by atoms with Gasteiger partial charge in [-0.2, -0.15) is 0 Å². The molecule has 1 atom stereocenters. The fourth-order valence-electron chi connectivity index (χ4n) is 2.52. The summed E-state index contributed by atoms with van der Waals surface area (Å²) >= 11 is 0. The molecule has 0 aliphatic carbocycles. The van der Waals surface area contributed by atoms with Crippen molar-refractivity contribution in [1.82, 2.24) is 15.2 Å². The van der Waals surface area contributed by atoms with E-state index in [0.29, 0.717) is 19.0 Å². The lowest BCUT2D eigenvalue weighted by Crippen LogP contribution is -2.44. The van der Waals surface area contributed by atoms with E-state index in [1.54, 1.807) is 0 Å². The van der Waals surface area contributed by atoms with Crippen molar-refractivity contribution < 1.29 is 4.79 Å². The van der Waals surface area contributed by atoms with Gasteiger partial charge in [-0.15, -0.1) is 0 Å². The van der Waals surface area contributed by atoms with Gasteiger partial charge in [-0.05, 0) is 37.0 Å². The summed E-state index contributed by atoms with van der Waals surface area (Å²) in [5.74, 6) is 0.433. The molecule has 0 radical (unpaired) electrons. The number of nitrogens with one attached hydrogen (secondary N) is 1. The lowest BCUT2D eigenvalue weighted by molar-refractivity contribution is 0.185. The van der Waals surface area contributed by atoms with Gasteiger partial charge in [0.05, 0.1) is 6.04 Å². The summed E-state index contributed by atoms with van der Waals surface area (Å²) in [6.07, 6.45) is 6.01. The van der Waals surface area contributed by atoms with Crippen LogP contribution in [0.2, 0.25) is 0 Å². The molecule has 20 heavy (non-hydrogen) atoms. The molecule has 1 aliphatic rings. The Labute approximate surface area is 120 Å². The molecule has 0 bridgehead atoms. The fourth-order valence-corrected chi connectivity index (χ4v) is 2.52. The summed E-state index contributed by atoms with van der Waals surface area (Å²) < 4.78 is 0. The highest BCUT2D eigenvalue weighted by atomic mass is 16.2. The lowest BCUT2D eigenvalue weighted by Gasteiger charge is -2.27. The van der Waals surface area contributed by atoms with E-state index >= 15 is 0 Å². The van der Waals surface area contributed by atoms with E-state index in [1.165, 1.54) is 0 Å². The van der Waals surface area contributed by atoms with Crippen LogP contribution in [0.1, 0.15) is 30.7 Å². The van der Waals surface area contributed by atoms with Crippen LogP contribution in [0.3, 0.4) is 0 Å². The fraction of sp³-hybridized carbons (Fsp3) is 0.500. The quantitative estimate of drug-likeness (QED) is 0.861. The Morgan fingerprint density at radius 1 is 1.50 bits per heavy atom. The third-order valence-electron chi connectivity index (χ3n) is 3.73. The first-order valence-corrected chi connectivity index (χ1v) is 7.12. The number of hydrogen-bond donors (Lipinski definition) is 1. The van der Waals surface area contributed by atoms with Crippen LogP contribution in [-0.2, 0) is 6.54 Å². The van der Waals surface area contributed by atoms with Crippen molar-refractivity contribution >= 4 is 6.03 Å². The van der Waals surface area contributed by atoms with Gasteiger partial charge < -0.3 is 10.2 Å². The Morgan fingerprint density at radius 3 is 2.90 bits per heavy atom. The zero-order valence-electron chi connectivity index (χ0n) is 12.7. The number of pyridine rings is 1. The zero-order chi connectivity index (χ0) is 14.7. The molecule has 2 heterocycles. The second kappa shape index (κ2) is 6.07. The molecule has 0 fully saturated rings. The molecule has 1 N–H and O–H groups in total. The van der Waals surface area contributed by atoms with E-state index in [-0.39, 0.29) is 12.1 Å². The van der Waals surface area contributed by atoms with E-state index in [2.05, 4.69) is 36.3 Å². The van der Waals surface area contributed by atoms with Gasteiger partial charge in [-0.25, -0.2) is 4.79 Å². The maximum atomic E-state index is 12.3. The van der Waals surface area contributed by atoms with E-state index < -0.39 is 0 Å². The number of nitrogens with zero attached hydrogens (tertiary/aromatic N) is 2. The first kappa shape index (κ1) is 14.6. The van der Waals surface area contributed by atoms with E-state index in [4.69, 9.17) is 0 Å². The van der Waals surface area contributed by atoms with Crippen molar-refractivity contribution in [2.45, 2.75) is 40.3 Å². The number of aryl methyl sites for hydroxylation is 2. The molecule has 108 valence electrons. The number of urea groups is 1. The van der Waals surface area contributed by atoms with Crippen LogP contribution < -0.4 is 5.32 Å². The van der Waals surface area contributed by atoms with Crippen LogP contribution in [0.15, 0.2) is 24.4 Å². The Hall–Kier alpha value is -1.84. The minimum atomic E-state index is -0.00586. The van der Waals surface area contributed by atoms with Gasteiger partial charge in [0.25, 0.3) is 0 Å². The molecule has 2 amide bonds. The first-order valence-electron chi connectivity index (χ1n) is 7.12. The Kier molecular flexibility index (Phi) is 4.42. The number of carbonyl (C=O) groups excluding carboxylic acids is 1. The van der Waals surface area contributed by atoms with Gasteiger partial charge in [0.1, 0.15) is 0 Å². The Morgan fingerprint density at radius 2 is 2.25 bits per heavy atom. The highest BCUT2D eigenvalue weighted by Gasteiger charge is 2.26. The largest absolute Gasteiger partial charge is 0.334 e. The minimum Gasteiger partial charge on any atom is -0.334 e. The van der Waals surface area contributed by atoms with E-state index in [0.717, 1.165) is 16.8 Å². The third kappa shape index (κ3) is 3.18. The van der Waals surface area contributed by atoms with Crippen LogP contribution in [0.5, 0.6) is 0 Å². The predicted molar refractivity (Wildman–Crippen MR) is 80.4 cm³/mol. The molecule has 4 heteroatoms. The molecule has 4 nitrogen and oxygen atoms in total. The first-order chi connectivity index (χ1) is 9.49. The molecular weight excluding hydrogens is 250 g/mol. The number of amides is 2. The average Bonchev–Trinajstić information content (AvgIpc) is 2.86. The molecule has 1 aromatic rings. The molecule has 0 spiro atoms. The predicted octanol–water partition coefficient (Wildman–Crippen LogP) is 2.80. The van der Waals surface area contributed by atoms with Crippen molar-refractivity contribution in [3.8, 4) is 0 Å². The Balaban J connectivity index is 1.95. The molecule has 0 unspecified atom stereocenters.